The van der Waals surface area contributed by atoms with Crippen LogP contribution in [0.4, 0.5) is 0 Å². The Balaban J connectivity index is 0.00000251. The summed E-state index contributed by atoms with van der Waals surface area (Å²) in [5, 5.41) is 44.0. The maximum atomic E-state index is 12.0. The van der Waals surface area contributed by atoms with Gasteiger partial charge in [-0.1, -0.05) is 96.8 Å². The molecule has 8 nitrogen and oxygen atoms in total. The van der Waals surface area contributed by atoms with Gasteiger partial charge in [0, 0.05) is 6.42 Å². The van der Waals surface area contributed by atoms with Gasteiger partial charge in [0.2, 0.25) is 0 Å². The van der Waals surface area contributed by atoms with E-state index < -0.39 is 31.0 Å². The summed E-state index contributed by atoms with van der Waals surface area (Å²) >= 11 is 0. The minimum absolute atomic E-state index is 0.0149. The van der Waals surface area contributed by atoms with Gasteiger partial charge in [-0.25, -0.2) is 0 Å². The van der Waals surface area contributed by atoms with Crippen LogP contribution in [0.1, 0.15) is 110 Å². The van der Waals surface area contributed by atoms with Crippen molar-refractivity contribution in [2.24, 2.45) is 0 Å². The lowest BCUT2D eigenvalue weighted by Crippen LogP contribution is -2.43. The first-order chi connectivity index (χ1) is 16.5. The van der Waals surface area contributed by atoms with Gasteiger partial charge in [-0.15, -0.1) is 0 Å². The average Bonchev–Trinajstić information content (AvgIpc) is 3.18. The topological polar surface area (TPSA) is 137 Å². The van der Waals surface area contributed by atoms with Gasteiger partial charge in [-0.2, -0.15) is 0 Å². The van der Waals surface area contributed by atoms with Crippen LogP contribution in [0.5, 0.6) is 0 Å². The number of esters is 1. The molecule has 1 saturated heterocycles. The summed E-state index contributed by atoms with van der Waals surface area (Å²) in [5.41, 5.74) is 0. The number of aliphatic hydroxyl groups excluding tert-OH is 5. The molecular weight excluding hydrogens is 440 g/mol. The van der Waals surface area contributed by atoms with E-state index in [1.807, 2.05) is 0 Å². The number of ether oxygens (including phenoxy) is 2. The van der Waals surface area contributed by atoms with Crippen molar-refractivity contribution >= 4 is 5.97 Å². The molecule has 1 aliphatic rings. The number of rotatable bonds is 20. The van der Waals surface area contributed by atoms with Crippen LogP contribution in [0.2, 0.25) is 0 Å². The van der Waals surface area contributed by atoms with E-state index in [0.717, 1.165) is 19.3 Å². The van der Waals surface area contributed by atoms with Gasteiger partial charge in [-0.3, -0.25) is 4.79 Å². The Labute approximate surface area is 206 Å². The van der Waals surface area contributed by atoms with Crippen LogP contribution in [0, 0.1) is 0 Å². The molecule has 5 N–H and O–H groups in total. The minimum Gasteiger partial charge on any atom is -0.457 e. The highest BCUT2D eigenvalue weighted by atomic mass is 16.6. The number of carbonyl (C=O) groups is 1. The molecule has 0 amide bonds. The molecule has 4 atom stereocenters. The second-order valence-electron chi connectivity index (χ2n) is 9.21. The molecule has 0 radical (unpaired) electrons. The van der Waals surface area contributed by atoms with Gasteiger partial charge < -0.3 is 35.0 Å². The van der Waals surface area contributed by atoms with Crippen LogP contribution >= 0.6 is 0 Å². The molecule has 1 fully saturated rings. The third-order valence-electron chi connectivity index (χ3n) is 6.10. The monoisotopic (exact) mass is 492 g/mol. The van der Waals surface area contributed by atoms with Gasteiger partial charge >= 0.3 is 5.97 Å². The van der Waals surface area contributed by atoms with Gasteiger partial charge in [0.15, 0.2) is 6.10 Å². The number of hydrogen-bond acceptors (Lipinski definition) is 8. The summed E-state index contributed by atoms with van der Waals surface area (Å²) in [6, 6.07) is 0. The van der Waals surface area contributed by atoms with Gasteiger partial charge in [0.25, 0.3) is 0 Å². The molecule has 204 valence electrons. The van der Waals surface area contributed by atoms with E-state index in [0.29, 0.717) is 6.42 Å². The molecule has 0 aliphatic carbocycles. The molecule has 0 aromatic heterocycles. The largest absolute Gasteiger partial charge is 0.457 e. The summed E-state index contributed by atoms with van der Waals surface area (Å²) in [4.78, 5) is 12.0. The minimum atomic E-state index is -1.14. The average molecular weight is 493 g/mol. The molecule has 0 aromatic rings. The van der Waals surface area contributed by atoms with Crippen molar-refractivity contribution in [1.82, 2.24) is 0 Å². The first-order valence-electron chi connectivity index (χ1n) is 13.5. The fourth-order valence-electron chi connectivity index (χ4n) is 4.03. The van der Waals surface area contributed by atoms with Crippen LogP contribution in [-0.2, 0) is 14.3 Å². The van der Waals surface area contributed by atoms with Crippen LogP contribution in [0.25, 0.3) is 0 Å². The smallest absolute Gasteiger partial charge is 0.306 e. The second kappa shape index (κ2) is 23.9. The van der Waals surface area contributed by atoms with Crippen LogP contribution in [0.3, 0.4) is 0 Å². The lowest BCUT2D eigenvalue weighted by Gasteiger charge is -2.24. The Kier molecular flexibility index (Phi) is 23.4. The van der Waals surface area contributed by atoms with Crippen LogP contribution in [0.15, 0.2) is 0 Å². The van der Waals surface area contributed by atoms with Crippen molar-refractivity contribution in [2.75, 3.05) is 26.4 Å². The second-order valence-corrected chi connectivity index (χ2v) is 9.21. The Hall–Kier alpha value is -0.770. The zero-order chi connectivity index (χ0) is 25.4. The lowest BCUT2D eigenvalue weighted by molar-refractivity contribution is -0.162. The fourth-order valence-corrected chi connectivity index (χ4v) is 4.03. The van der Waals surface area contributed by atoms with E-state index in [9.17, 15) is 20.1 Å². The van der Waals surface area contributed by atoms with Crippen molar-refractivity contribution in [3.05, 3.63) is 0 Å². The van der Waals surface area contributed by atoms with Crippen molar-refractivity contribution in [2.45, 2.75) is 134 Å². The van der Waals surface area contributed by atoms with Crippen LogP contribution < -0.4 is 0 Å². The number of aliphatic hydroxyl groups is 5. The third kappa shape index (κ3) is 17.6. The van der Waals surface area contributed by atoms with E-state index in [4.69, 9.17) is 19.7 Å². The van der Waals surface area contributed by atoms with E-state index >= 15 is 0 Å². The fraction of sp³-hybridized carbons (Fsp3) is 0.962. The molecule has 1 rings (SSSR count). The summed E-state index contributed by atoms with van der Waals surface area (Å²) in [6.45, 7) is 1.56. The third-order valence-corrected chi connectivity index (χ3v) is 6.10. The molecule has 0 saturated carbocycles. The van der Waals surface area contributed by atoms with Crippen molar-refractivity contribution in [3.63, 3.8) is 0 Å². The van der Waals surface area contributed by atoms with Crippen molar-refractivity contribution < 1.29 is 39.8 Å². The normalized spacial score (nSPS) is 20.6. The number of hydrogen-bond donors (Lipinski definition) is 5. The molecule has 34 heavy (non-hydrogen) atoms. The van der Waals surface area contributed by atoms with E-state index in [1.165, 1.54) is 77.0 Å². The molecule has 0 spiro atoms. The summed E-state index contributed by atoms with van der Waals surface area (Å²) in [6.07, 6.45) is 15.4. The SMILES string of the molecule is CCCCCCCCCCCCCCCCCC(=O)O[C@H](CO)[C@H]1OC[C@H](O)[C@H]1O.OCCO. The molecule has 1 heterocycles. The summed E-state index contributed by atoms with van der Waals surface area (Å²) in [5.74, 6) is -0.388. The lowest BCUT2D eigenvalue weighted by atomic mass is 10.0. The predicted octanol–water partition coefficient (Wildman–Crippen LogP) is 3.24. The highest BCUT2D eigenvalue weighted by molar-refractivity contribution is 5.69. The Morgan fingerprint density at radius 3 is 1.59 bits per heavy atom. The van der Waals surface area contributed by atoms with Crippen molar-refractivity contribution in [3.8, 4) is 0 Å². The number of carbonyl (C=O) groups excluding carboxylic acids is 1. The van der Waals surface area contributed by atoms with Crippen LogP contribution in [-0.4, -0.2) is 82.3 Å². The highest BCUT2D eigenvalue weighted by Crippen LogP contribution is 2.20. The Bertz CT molecular complexity index is 447. The molecule has 0 unspecified atom stereocenters. The number of unbranched alkanes of at least 4 members (excludes halogenated alkanes) is 14. The zero-order valence-electron chi connectivity index (χ0n) is 21.4. The highest BCUT2D eigenvalue weighted by Gasteiger charge is 2.41. The first kappa shape index (κ1) is 33.2. The maximum absolute atomic E-state index is 12.0. The van der Waals surface area contributed by atoms with Gasteiger partial charge in [0.05, 0.1) is 26.4 Å². The van der Waals surface area contributed by atoms with E-state index in [1.54, 1.807) is 0 Å². The maximum Gasteiger partial charge on any atom is 0.306 e. The Morgan fingerprint density at radius 2 is 1.24 bits per heavy atom. The molecule has 0 aromatic carbocycles. The van der Waals surface area contributed by atoms with E-state index in [-0.39, 0.29) is 25.8 Å². The summed E-state index contributed by atoms with van der Waals surface area (Å²) in [7, 11) is 0. The van der Waals surface area contributed by atoms with Crippen molar-refractivity contribution in [1.29, 1.82) is 0 Å². The standard InChI is InChI=1S/C24H46O6.C2H6O2/c1-2-3-4-5-6-7-8-9-10-11-12-13-14-15-16-17-22(27)30-21(18-25)24-23(28)20(26)19-29-24;3-1-2-4/h20-21,23-26,28H,2-19H2,1H3;3-4H,1-2H2/t20-,21+,23+,24+;/m0./s1. The molecule has 0 bridgehead atoms. The van der Waals surface area contributed by atoms with E-state index in [2.05, 4.69) is 6.92 Å². The first-order valence-corrected chi connectivity index (χ1v) is 13.5. The summed E-state index contributed by atoms with van der Waals surface area (Å²) < 4.78 is 10.5. The zero-order valence-corrected chi connectivity index (χ0v) is 21.4. The van der Waals surface area contributed by atoms with Gasteiger partial charge in [-0.05, 0) is 6.42 Å². The molecule has 1 aliphatic heterocycles. The molecule has 8 heteroatoms. The predicted molar refractivity (Wildman–Crippen MR) is 132 cm³/mol. The van der Waals surface area contributed by atoms with Gasteiger partial charge in [0.1, 0.15) is 18.3 Å². The quantitative estimate of drug-likeness (QED) is 0.129. The molecular formula is C26H52O8. The Morgan fingerprint density at radius 1 is 0.794 bits per heavy atom.